The lowest BCUT2D eigenvalue weighted by molar-refractivity contribution is 0.0694. The first-order valence-electron chi connectivity index (χ1n) is 10.7. The summed E-state index contributed by atoms with van der Waals surface area (Å²) in [6, 6.07) is 18.2. The summed E-state index contributed by atoms with van der Waals surface area (Å²) in [5, 5.41) is 9.71. The van der Waals surface area contributed by atoms with E-state index in [4.69, 9.17) is 0 Å². The molecule has 0 aromatic heterocycles. The number of nitrogens with zero attached hydrogens (tertiary/aromatic N) is 2. The summed E-state index contributed by atoms with van der Waals surface area (Å²) >= 11 is 0. The molecule has 0 aliphatic carbocycles. The standard InChI is InChI=1S/C25H32N2O2/c1-25(2,3)23-16-20(12-13-22(23)24(28)29)27(17-8-6-5-7-9-17)21-14-18-10-11-19(15-21)26(18)4/h5-9,12-13,16,18-19,21H,10-11,14-15H2,1-4H3,(H,28,29)/t18-,19+,21+. The van der Waals surface area contributed by atoms with Gasteiger partial charge < -0.3 is 14.9 Å². The van der Waals surface area contributed by atoms with E-state index in [-0.39, 0.29) is 5.41 Å². The van der Waals surface area contributed by atoms with Gasteiger partial charge in [-0.05, 0) is 74.0 Å². The van der Waals surface area contributed by atoms with Crippen LogP contribution in [0.4, 0.5) is 11.4 Å². The zero-order valence-electron chi connectivity index (χ0n) is 17.9. The third-order valence-corrected chi connectivity index (χ3v) is 6.79. The number of hydrogen-bond donors (Lipinski definition) is 1. The second kappa shape index (κ2) is 7.49. The van der Waals surface area contributed by atoms with Crippen molar-refractivity contribution in [2.75, 3.05) is 11.9 Å². The maximum Gasteiger partial charge on any atom is 0.335 e. The van der Waals surface area contributed by atoms with Gasteiger partial charge in [0, 0.05) is 29.5 Å². The Morgan fingerprint density at radius 2 is 1.62 bits per heavy atom. The third-order valence-electron chi connectivity index (χ3n) is 6.79. The van der Waals surface area contributed by atoms with Crippen molar-refractivity contribution in [3.8, 4) is 0 Å². The number of piperidine rings is 1. The summed E-state index contributed by atoms with van der Waals surface area (Å²) in [7, 11) is 2.27. The van der Waals surface area contributed by atoms with Crippen molar-refractivity contribution >= 4 is 17.3 Å². The molecule has 0 radical (unpaired) electrons. The Balaban J connectivity index is 1.79. The number of anilines is 2. The fraction of sp³-hybridized carbons (Fsp3) is 0.480. The van der Waals surface area contributed by atoms with Gasteiger partial charge in [-0.3, -0.25) is 0 Å². The van der Waals surface area contributed by atoms with Gasteiger partial charge in [-0.1, -0.05) is 39.0 Å². The largest absolute Gasteiger partial charge is 0.478 e. The Bertz CT molecular complexity index is 873. The van der Waals surface area contributed by atoms with Gasteiger partial charge in [0.05, 0.1) is 5.56 Å². The fourth-order valence-corrected chi connectivity index (χ4v) is 5.24. The van der Waals surface area contributed by atoms with Gasteiger partial charge in [-0.15, -0.1) is 0 Å². The first-order valence-corrected chi connectivity index (χ1v) is 10.7. The zero-order valence-corrected chi connectivity index (χ0v) is 17.9. The minimum atomic E-state index is -0.856. The average Bonchev–Trinajstić information content (AvgIpc) is 2.89. The molecule has 3 atom stereocenters. The number of para-hydroxylation sites is 1. The van der Waals surface area contributed by atoms with Gasteiger partial charge in [-0.2, -0.15) is 0 Å². The molecule has 4 rings (SSSR count). The van der Waals surface area contributed by atoms with Crippen LogP contribution in [-0.4, -0.2) is 41.1 Å². The van der Waals surface area contributed by atoms with E-state index >= 15 is 0 Å². The number of aromatic carboxylic acids is 1. The third kappa shape index (κ3) is 3.78. The Kier molecular flexibility index (Phi) is 5.16. The summed E-state index contributed by atoms with van der Waals surface area (Å²) in [5.74, 6) is -0.856. The molecule has 2 heterocycles. The molecular weight excluding hydrogens is 360 g/mol. The molecule has 2 aliphatic heterocycles. The van der Waals surface area contributed by atoms with Crippen molar-refractivity contribution in [3.05, 3.63) is 59.7 Å². The molecule has 0 spiro atoms. The Morgan fingerprint density at radius 1 is 1.00 bits per heavy atom. The zero-order chi connectivity index (χ0) is 20.8. The molecule has 1 N–H and O–H groups in total. The quantitative estimate of drug-likeness (QED) is 0.752. The number of benzene rings is 2. The highest BCUT2D eigenvalue weighted by molar-refractivity contribution is 5.90. The van der Waals surface area contributed by atoms with Gasteiger partial charge >= 0.3 is 5.97 Å². The summed E-state index contributed by atoms with van der Waals surface area (Å²) in [4.78, 5) is 16.9. The lowest BCUT2D eigenvalue weighted by atomic mass is 9.83. The van der Waals surface area contributed by atoms with Crippen molar-refractivity contribution in [2.24, 2.45) is 0 Å². The summed E-state index contributed by atoms with van der Waals surface area (Å²) in [6.45, 7) is 6.25. The van der Waals surface area contributed by atoms with Gasteiger partial charge in [0.2, 0.25) is 0 Å². The van der Waals surface area contributed by atoms with Crippen LogP contribution >= 0.6 is 0 Å². The number of carboxylic acid groups (broad SMARTS) is 1. The molecule has 2 aromatic carbocycles. The van der Waals surface area contributed by atoms with Crippen LogP contribution in [-0.2, 0) is 5.41 Å². The van der Waals surface area contributed by atoms with Crippen LogP contribution in [0.1, 0.15) is 62.4 Å². The predicted molar refractivity (Wildman–Crippen MR) is 118 cm³/mol. The number of hydrogen-bond acceptors (Lipinski definition) is 3. The second-order valence-electron chi connectivity index (χ2n) is 9.67. The molecule has 4 heteroatoms. The average molecular weight is 393 g/mol. The molecule has 4 nitrogen and oxygen atoms in total. The smallest absolute Gasteiger partial charge is 0.335 e. The fourth-order valence-electron chi connectivity index (χ4n) is 5.24. The Morgan fingerprint density at radius 3 is 2.17 bits per heavy atom. The van der Waals surface area contributed by atoms with Crippen LogP contribution in [0, 0.1) is 0 Å². The first kappa shape index (κ1) is 20.0. The van der Waals surface area contributed by atoms with Crippen LogP contribution in [0.25, 0.3) is 0 Å². The molecule has 2 bridgehead atoms. The van der Waals surface area contributed by atoms with Crippen molar-refractivity contribution in [1.82, 2.24) is 4.90 Å². The predicted octanol–water partition coefficient (Wildman–Crippen LogP) is 5.45. The van der Waals surface area contributed by atoms with Crippen molar-refractivity contribution in [1.29, 1.82) is 0 Å². The van der Waals surface area contributed by atoms with E-state index in [9.17, 15) is 9.90 Å². The number of rotatable bonds is 4. The molecule has 2 aromatic rings. The van der Waals surface area contributed by atoms with Crippen LogP contribution in [0.15, 0.2) is 48.5 Å². The topological polar surface area (TPSA) is 43.8 Å². The van der Waals surface area contributed by atoms with E-state index in [1.54, 1.807) is 6.07 Å². The second-order valence-corrected chi connectivity index (χ2v) is 9.67. The summed E-state index contributed by atoms with van der Waals surface area (Å²) < 4.78 is 0. The highest BCUT2D eigenvalue weighted by Gasteiger charge is 2.41. The molecule has 154 valence electrons. The maximum absolute atomic E-state index is 11.8. The minimum absolute atomic E-state index is 0.238. The van der Waals surface area contributed by atoms with Crippen molar-refractivity contribution in [3.63, 3.8) is 0 Å². The SMILES string of the molecule is CN1[C@@H]2CC[C@H]1C[C@@H](N(c1ccccc1)c1ccc(C(=O)O)c(C(C)(C)C)c1)C2. The molecule has 2 fully saturated rings. The van der Waals surface area contributed by atoms with Crippen molar-refractivity contribution < 1.29 is 9.90 Å². The van der Waals surface area contributed by atoms with E-state index in [2.05, 4.69) is 68.0 Å². The Labute approximate surface area is 174 Å². The van der Waals surface area contributed by atoms with Crippen LogP contribution in [0.5, 0.6) is 0 Å². The van der Waals surface area contributed by atoms with E-state index in [1.807, 2.05) is 12.1 Å². The molecule has 0 amide bonds. The molecule has 0 unspecified atom stereocenters. The monoisotopic (exact) mass is 392 g/mol. The first-order chi connectivity index (χ1) is 13.8. The van der Waals surface area contributed by atoms with E-state index in [1.165, 1.54) is 18.5 Å². The summed E-state index contributed by atoms with van der Waals surface area (Å²) in [6.07, 6.45) is 4.86. The van der Waals surface area contributed by atoms with Gasteiger partial charge in [0.1, 0.15) is 0 Å². The highest BCUT2D eigenvalue weighted by atomic mass is 16.4. The minimum Gasteiger partial charge on any atom is -0.478 e. The van der Waals surface area contributed by atoms with Gasteiger partial charge in [-0.25, -0.2) is 4.79 Å². The lowest BCUT2D eigenvalue weighted by Crippen LogP contribution is -2.47. The van der Waals surface area contributed by atoms with E-state index < -0.39 is 5.97 Å². The normalized spacial score (nSPS) is 24.5. The maximum atomic E-state index is 11.8. The molecular formula is C25H32N2O2. The number of fused-ring (bicyclic) bond motifs is 2. The molecule has 2 saturated heterocycles. The molecule has 2 aliphatic rings. The summed E-state index contributed by atoms with van der Waals surface area (Å²) in [5.41, 5.74) is 3.33. The van der Waals surface area contributed by atoms with Crippen LogP contribution in [0.3, 0.4) is 0 Å². The number of carboxylic acids is 1. The number of carbonyl (C=O) groups is 1. The highest BCUT2D eigenvalue weighted by Crippen LogP contribution is 2.41. The van der Waals surface area contributed by atoms with Crippen LogP contribution in [0.2, 0.25) is 0 Å². The van der Waals surface area contributed by atoms with Gasteiger partial charge in [0.25, 0.3) is 0 Å². The lowest BCUT2D eigenvalue weighted by Gasteiger charge is -2.43. The molecule has 0 saturated carbocycles. The van der Waals surface area contributed by atoms with Gasteiger partial charge in [0.15, 0.2) is 0 Å². The van der Waals surface area contributed by atoms with Crippen molar-refractivity contribution in [2.45, 2.75) is 70.0 Å². The van der Waals surface area contributed by atoms with Crippen LogP contribution < -0.4 is 4.90 Å². The Hall–Kier alpha value is -2.33. The molecule has 29 heavy (non-hydrogen) atoms. The van der Waals surface area contributed by atoms with E-state index in [0.29, 0.717) is 23.7 Å². The van der Waals surface area contributed by atoms with E-state index in [0.717, 1.165) is 24.1 Å².